The van der Waals surface area contributed by atoms with Crippen LogP contribution in [0, 0.1) is 11.3 Å². The van der Waals surface area contributed by atoms with Crippen LogP contribution in [0.15, 0.2) is 0 Å². The van der Waals surface area contributed by atoms with Gasteiger partial charge in [0.25, 0.3) is 0 Å². The van der Waals surface area contributed by atoms with Crippen LogP contribution >= 0.6 is 0 Å². The lowest BCUT2D eigenvalue weighted by atomic mass is 10.1. The van der Waals surface area contributed by atoms with E-state index in [-0.39, 0.29) is 5.41 Å². The topological polar surface area (TPSA) is 116 Å². The van der Waals surface area contributed by atoms with E-state index in [4.69, 9.17) is 10.2 Å². The molecule has 0 aliphatic heterocycles. The number of carboxylic acids is 2. The van der Waals surface area contributed by atoms with E-state index in [0.29, 0.717) is 12.5 Å². The fourth-order valence-electron chi connectivity index (χ4n) is 1.72. The molecular formula is C11H18N2O5. The van der Waals surface area contributed by atoms with Gasteiger partial charge in [-0.25, -0.2) is 9.59 Å². The van der Waals surface area contributed by atoms with Gasteiger partial charge in [0.05, 0.1) is 6.42 Å². The molecule has 1 unspecified atom stereocenters. The summed E-state index contributed by atoms with van der Waals surface area (Å²) >= 11 is 0. The van der Waals surface area contributed by atoms with E-state index in [2.05, 4.69) is 24.5 Å². The zero-order valence-electron chi connectivity index (χ0n) is 10.4. The van der Waals surface area contributed by atoms with Crippen molar-refractivity contribution in [3.05, 3.63) is 0 Å². The quantitative estimate of drug-likeness (QED) is 0.545. The fraction of sp³-hybridized carbons (Fsp3) is 0.727. The van der Waals surface area contributed by atoms with Gasteiger partial charge in [-0.3, -0.25) is 4.79 Å². The van der Waals surface area contributed by atoms with Crippen molar-refractivity contribution in [2.24, 2.45) is 11.3 Å². The Morgan fingerprint density at radius 3 is 2.28 bits per heavy atom. The largest absolute Gasteiger partial charge is 0.481 e. The number of hydrogen-bond donors (Lipinski definition) is 4. The molecule has 1 rings (SSSR count). The van der Waals surface area contributed by atoms with Gasteiger partial charge in [0.15, 0.2) is 0 Å². The van der Waals surface area contributed by atoms with Gasteiger partial charge in [0.1, 0.15) is 6.04 Å². The second kappa shape index (κ2) is 5.24. The predicted molar refractivity (Wildman–Crippen MR) is 62.1 cm³/mol. The van der Waals surface area contributed by atoms with Crippen molar-refractivity contribution < 1.29 is 24.6 Å². The summed E-state index contributed by atoms with van der Waals surface area (Å²) in [6, 6.07) is -2.05. The molecule has 0 bridgehead atoms. The summed E-state index contributed by atoms with van der Waals surface area (Å²) in [5.41, 5.74) is 0.223. The van der Waals surface area contributed by atoms with Gasteiger partial charge in [-0.05, 0) is 17.8 Å². The SMILES string of the molecule is CC1(C)CC1CNC(=O)N[C@@H](CC(=O)O)C(=O)O. The van der Waals surface area contributed by atoms with E-state index in [1.807, 2.05) is 0 Å². The lowest BCUT2D eigenvalue weighted by Crippen LogP contribution is -2.47. The molecule has 0 aromatic carbocycles. The standard InChI is InChI=1S/C11H18N2O5/c1-11(2)4-6(11)5-12-10(18)13-7(9(16)17)3-8(14)15/h6-7H,3-5H2,1-2H3,(H,14,15)(H,16,17)(H2,12,13,18)/t6?,7-/m0/s1. The molecule has 1 fully saturated rings. The Bertz CT molecular complexity index is 366. The van der Waals surface area contributed by atoms with Gasteiger partial charge >= 0.3 is 18.0 Å². The molecule has 4 N–H and O–H groups in total. The van der Waals surface area contributed by atoms with Gasteiger partial charge in [-0.2, -0.15) is 0 Å². The first-order valence-corrected chi connectivity index (χ1v) is 5.71. The van der Waals surface area contributed by atoms with E-state index in [9.17, 15) is 14.4 Å². The minimum atomic E-state index is -1.41. The molecule has 0 aromatic rings. The highest BCUT2D eigenvalue weighted by Crippen LogP contribution is 2.50. The Kier molecular flexibility index (Phi) is 4.15. The first-order chi connectivity index (χ1) is 8.22. The maximum Gasteiger partial charge on any atom is 0.326 e. The van der Waals surface area contributed by atoms with Crippen molar-refractivity contribution in [3.8, 4) is 0 Å². The summed E-state index contributed by atoms with van der Waals surface area (Å²) in [5, 5.41) is 21.9. The molecule has 102 valence electrons. The zero-order chi connectivity index (χ0) is 13.9. The van der Waals surface area contributed by atoms with E-state index in [1.165, 1.54) is 0 Å². The maximum absolute atomic E-state index is 11.4. The molecule has 7 nitrogen and oxygen atoms in total. The van der Waals surface area contributed by atoms with E-state index < -0.39 is 30.4 Å². The van der Waals surface area contributed by atoms with Crippen molar-refractivity contribution >= 4 is 18.0 Å². The molecule has 0 saturated heterocycles. The van der Waals surface area contributed by atoms with Crippen LogP contribution in [0.3, 0.4) is 0 Å². The van der Waals surface area contributed by atoms with E-state index in [1.54, 1.807) is 0 Å². The Balaban J connectivity index is 2.33. The van der Waals surface area contributed by atoms with Gasteiger partial charge in [-0.15, -0.1) is 0 Å². The van der Waals surface area contributed by atoms with Crippen molar-refractivity contribution in [3.63, 3.8) is 0 Å². The van der Waals surface area contributed by atoms with Gasteiger partial charge in [0, 0.05) is 6.54 Å². The number of carboxylic acid groups (broad SMARTS) is 2. The normalized spacial score (nSPS) is 21.8. The van der Waals surface area contributed by atoms with Crippen LogP contribution in [-0.2, 0) is 9.59 Å². The van der Waals surface area contributed by atoms with Gasteiger partial charge in [-0.1, -0.05) is 13.8 Å². The lowest BCUT2D eigenvalue weighted by molar-refractivity contribution is -0.145. The third-order valence-corrected chi connectivity index (χ3v) is 3.21. The molecular weight excluding hydrogens is 240 g/mol. The summed E-state index contributed by atoms with van der Waals surface area (Å²) in [4.78, 5) is 32.5. The molecule has 0 aromatic heterocycles. The Hall–Kier alpha value is -1.79. The van der Waals surface area contributed by atoms with Crippen LogP contribution in [0.25, 0.3) is 0 Å². The molecule has 0 radical (unpaired) electrons. The summed E-state index contributed by atoms with van der Waals surface area (Å²) in [7, 11) is 0. The minimum Gasteiger partial charge on any atom is -0.481 e. The molecule has 18 heavy (non-hydrogen) atoms. The molecule has 7 heteroatoms. The molecule has 0 spiro atoms. The first-order valence-electron chi connectivity index (χ1n) is 5.71. The maximum atomic E-state index is 11.4. The van der Waals surface area contributed by atoms with Crippen LogP contribution in [0.2, 0.25) is 0 Å². The number of carbonyl (C=O) groups is 3. The van der Waals surface area contributed by atoms with Crippen molar-refractivity contribution in [2.75, 3.05) is 6.54 Å². The molecule has 1 aliphatic rings. The molecule has 0 heterocycles. The second-order valence-electron chi connectivity index (χ2n) is 5.23. The summed E-state index contributed by atoms with van der Waals surface area (Å²) in [5.74, 6) is -2.24. The van der Waals surface area contributed by atoms with Crippen LogP contribution in [0.1, 0.15) is 26.7 Å². The highest BCUT2D eigenvalue weighted by atomic mass is 16.4. The van der Waals surface area contributed by atoms with Crippen LogP contribution in [0.5, 0.6) is 0 Å². The van der Waals surface area contributed by atoms with Crippen molar-refractivity contribution in [1.29, 1.82) is 0 Å². The third kappa shape index (κ3) is 4.23. The number of carbonyl (C=O) groups excluding carboxylic acids is 1. The van der Waals surface area contributed by atoms with Crippen LogP contribution in [0.4, 0.5) is 4.79 Å². The number of urea groups is 1. The van der Waals surface area contributed by atoms with E-state index in [0.717, 1.165) is 6.42 Å². The Morgan fingerprint density at radius 1 is 1.33 bits per heavy atom. The van der Waals surface area contributed by atoms with Crippen molar-refractivity contribution in [1.82, 2.24) is 10.6 Å². The highest BCUT2D eigenvalue weighted by Gasteiger charge is 2.45. The zero-order valence-corrected chi connectivity index (χ0v) is 10.4. The van der Waals surface area contributed by atoms with Gasteiger partial charge < -0.3 is 20.8 Å². The number of rotatable bonds is 6. The predicted octanol–water partition coefficient (Wildman–Crippen LogP) is 0.260. The summed E-state index contributed by atoms with van der Waals surface area (Å²) in [6.07, 6.45) is 0.377. The molecule has 2 amide bonds. The average Bonchev–Trinajstić information content (AvgIpc) is 2.82. The Morgan fingerprint density at radius 2 is 1.89 bits per heavy atom. The molecule has 2 atom stereocenters. The number of hydrogen-bond acceptors (Lipinski definition) is 3. The Labute approximate surface area is 105 Å². The molecule has 1 saturated carbocycles. The lowest BCUT2D eigenvalue weighted by Gasteiger charge is -2.13. The monoisotopic (exact) mass is 258 g/mol. The van der Waals surface area contributed by atoms with Crippen molar-refractivity contribution in [2.45, 2.75) is 32.7 Å². The number of amides is 2. The fourth-order valence-corrected chi connectivity index (χ4v) is 1.72. The van der Waals surface area contributed by atoms with Crippen LogP contribution in [-0.4, -0.2) is 40.8 Å². The van der Waals surface area contributed by atoms with E-state index >= 15 is 0 Å². The first kappa shape index (κ1) is 14.3. The highest BCUT2D eigenvalue weighted by molar-refractivity contribution is 5.86. The molecule has 1 aliphatic carbocycles. The summed E-state index contributed by atoms with van der Waals surface area (Å²) < 4.78 is 0. The summed E-state index contributed by atoms with van der Waals surface area (Å²) in [6.45, 7) is 4.64. The van der Waals surface area contributed by atoms with Gasteiger partial charge in [0.2, 0.25) is 0 Å². The second-order valence-corrected chi connectivity index (χ2v) is 5.23. The smallest absolute Gasteiger partial charge is 0.326 e. The third-order valence-electron chi connectivity index (χ3n) is 3.21. The minimum absolute atomic E-state index is 0.223. The number of nitrogens with one attached hydrogen (secondary N) is 2. The average molecular weight is 258 g/mol. The van der Waals surface area contributed by atoms with Crippen LogP contribution < -0.4 is 10.6 Å². The number of aliphatic carboxylic acids is 2.